The van der Waals surface area contributed by atoms with Gasteiger partial charge in [0.1, 0.15) is 0 Å². The lowest BCUT2D eigenvalue weighted by molar-refractivity contribution is -0.129. The first kappa shape index (κ1) is 20.3. The number of imide groups is 1. The maximum atomic E-state index is 12.8. The molecule has 2 aliphatic heterocycles. The van der Waals surface area contributed by atoms with Crippen molar-refractivity contribution in [3.8, 4) is 0 Å². The number of anilines is 1. The number of carbonyl (C=O) groups is 4. The van der Waals surface area contributed by atoms with Gasteiger partial charge in [0, 0.05) is 18.8 Å². The number of carbonyl (C=O) groups excluding carboxylic acids is 4. The third-order valence-electron chi connectivity index (χ3n) is 5.34. The average molecular weight is 418 g/mol. The molecule has 2 aromatic carbocycles. The molecule has 1 atom stereocenters. The van der Waals surface area contributed by atoms with Gasteiger partial charge in [-0.25, -0.2) is 4.79 Å². The summed E-state index contributed by atoms with van der Waals surface area (Å²) >= 11 is 0. The van der Waals surface area contributed by atoms with Crippen LogP contribution in [0.1, 0.15) is 36.1 Å². The molecule has 2 aliphatic rings. The highest BCUT2D eigenvalue weighted by molar-refractivity contribution is 6.01. The minimum absolute atomic E-state index is 0.000776. The van der Waals surface area contributed by atoms with E-state index in [2.05, 4.69) is 10.6 Å². The molecule has 4 rings (SSSR count). The minimum atomic E-state index is -0.423. The highest BCUT2D eigenvalue weighted by atomic mass is 16.2. The molecular formula is C23H22N4O4. The maximum absolute atomic E-state index is 12.8. The van der Waals surface area contributed by atoms with Crippen molar-refractivity contribution in [2.45, 2.75) is 25.9 Å². The predicted octanol–water partition coefficient (Wildman–Crippen LogP) is 2.64. The molecule has 2 aromatic rings. The third kappa shape index (κ3) is 4.32. The van der Waals surface area contributed by atoms with Crippen LogP contribution in [0.15, 0.2) is 54.7 Å². The quantitative estimate of drug-likeness (QED) is 0.730. The number of nitrogens with zero attached hydrogens (tertiary/aromatic N) is 2. The summed E-state index contributed by atoms with van der Waals surface area (Å²) in [5, 5.41) is 5.35. The van der Waals surface area contributed by atoms with Gasteiger partial charge in [-0.2, -0.15) is 0 Å². The zero-order valence-electron chi connectivity index (χ0n) is 17.0. The van der Waals surface area contributed by atoms with Crippen LogP contribution in [0.3, 0.4) is 0 Å². The van der Waals surface area contributed by atoms with Crippen LogP contribution in [0.5, 0.6) is 0 Å². The second-order valence-electron chi connectivity index (χ2n) is 7.48. The number of benzene rings is 2. The zero-order valence-corrected chi connectivity index (χ0v) is 17.0. The van der Waals surface area contributed by atoms with Gasteiger partial charge >= 0.3 is 6.03 Å². The van der Waals surface area contributed by atoms with E-state index in [0.29, 0.717) is 5.69 Å². The summed E-state index contributed by atoms with van der Waals surface area (Å²) in [4.78, 5) is 51.2. The first-order chi connectivity index (χ1) is 14.9. The van der Waals surface area contributed by atoms with E-state index >= 15 is 0 Å². The smallest absolute Gasteiger partial charge is 0.324 e. The molecule has 2 heterocycles. The van der Waals surface area contributed by atoms with E-state index in [9.17, 15) is 19.2 Å². The third-order valence-corrected chi connectivity index (χ3v) is 5.34. The van der Waals surface area contributed by atoms with Crippen molar-refractivity contribution in [2.24, 2.45) is 0 Å². The van der Waals surface area contributed by atoms with Gasteiger partial charge in [-0.1, -0.05) is 36.4 Å². The first-order valence-corrected chi connectivity index (χ1v) is 9.95. The Balaban J connectivity index is 1.47. The number of amides is 5. The number of urea groups is 1. The summed E-state index contributed by atoms with van der Waals surface area (Å²) in [7, 11) is 0. The van der Waals surface area contributed by atoms with Gasteiger partial charge in [0.25, 0.3) is 0 Å². The van der Waals surface area contributed by atoms with Gasteiger partial charge in [0.2, 0.25) is 17.7 Å². The SMILES string of the molecule is CC(=O)N1C=Cc2ccccc2C1CC(=O)Nc1cccc(CN2C(=O)CNC2=O)c1. The van der Waals surface area contributed by atoms with Gasteiger partial charge in [0.05, 0.1) is 25.6 Å². The van der Waals surface area contributed by atoms with E-state index in [1.807, 2.05) is 30.3 Å². The molecule has 31 heavy (non-hydrogen) atoms. The Morgan fingerprint density at radius 2 is 1.94 bits per heavy atom. The van der Waals surface area contributed by atoms with Crippen molar-refractivity contribution in [1.29, 1.82) is 0 Å². The van der Waals surface area contributed by atoms with Crippen LogP contribution in [0, 0.1) is 0 Å². The van der Waals surface area contributed by atoms with Crippen LogP contribution in [0.4, 0.5) is 10.5 Å². The van der Waals surface area contributed by atoms with Gasteiger partial charge in [-0.3, -0.25) is 19.3 Å². The van der Waals surface area contributed by atoms with Crippen molar-refractivity contribution in [1.82, 2.24) is 15.1 Å². The Kier molecular flexibility index (Phi) is 5.53. The maximum Gasteiger partial charge on any atom is 0.324 e. The van der Waals surface area contributed by atoms with E-state index in [1.165, 1.54) is 6.92 Å². The minimum Gasteiger partial charge on any atom is -0.329 e. The lowest BCUT2D eigenvalue weighted by atomic mass is 9.93. The summed E-state index contributed by atoms with van der Waals surface area (Å²) in [5.74, 6) is -0.666. The number of fused-ring (bicyclic) bond motifs is 1. The van der Waals surface area contributed by atoms with Crippen LogP contribution in [0.2, 0.25) is 0 Å². The highest BCUT2D eigenvalue weighted by Gasteiger charge is 2.29. The number of rotatable bonds is 5. The molecule has 8 heteroatoms. The standard InChI is InChI=1S/C23H22N4O4/c1-15(28)26-10-9-17-6-2-3-8-19(17)20(26)12-21(29)25-18-7-4-5-16(11-18)14-27-22(30)13-24-23(27)31/h2-11,20H,12-14H2,1H3,(H,24,31)(H,25,29). The summed E-state index contributed by atoms with van der Waals surface area (Å²) in [6, 6.07) is 13.9. The van der Waals surface area contributed by atoms with Gasteiger partial charge in [0.15, 0.2) is 0 Å². The molecule has 1 fully saturated rings. The molecule has 2 N–H and O–H groups in total. The lowest BCUT2D eigenvalue weighted by Gasteiger charge is -2.32. The van der Waals surface area contributed by atoms with E-state index in [-0.39, 0.29) is 37.2 Å². The Morgan fingerprint density at radius 1 is 1.13 bits per heavy atom. The second-order valence-corrected chi connectivity index (χ2v) is 7.48. The Labute approximate surface area is 179 Å². The molecule has 0 aliphatic carbocycles. The van der Waals surface area contributed by atoms with E-state index in [4.69, 9.17) is 0 Å². The monoisotopic (exact) mass is 418 g/mol. The Bertz CT molecular complexity index is 1080. The van der Waals surface area contributed by atoms with Crippen molar-refractivity contribution in [3.05, 3.63) is 71.4 Å². The molecule has 0 saturated carbocycles. The number of hydrogen-bond acceptors (Lipinski definition) is 4. The summed E-state index contributed by atoms with van der Waals surface area (Å²) < 4.78 is 0. The molecule has 0 radical (unpaired) electrons. The molecule has 5 amide bonds. The fourth-order valence-corrected chi connectivity index (χ4v) is 3.85. The van der Waals surface area contributed by atoms with Crippen LogP contribution < -0.4 is 10.6 Å². The Hall–Kier alpha value is -3.94. The summed E-state index contributed by atoms with van der Waals surface area (Å²) in [6.45, 7) is 1.61. The molecule has 1 unspecified atom stereocenters. The molecule has 8 nitrogen and oxygen atoms in total. The number of nitrogens with one attached hydrogen (secondary N) is 2. The van der Waals surface area contributed by atoms with Crippen molar-refractivity contribution in [2.75, 3.05) is 11.9 Å². The molecule has 0 aromatic heterocycles. The van der Waals surface area contributed by atoms with E-state index < -0.39 is 12.1 Å². The second kappa shape index (κ2) is 8.43. The normalized spacial score (nSPS) is 17.4. The van der Waals surface area contributed by atoms with Crippen LogP contribution in [-0.2, 0) is 20.9 Å². The number of hydrogen-bond donors (Lipinski definition) is 2. The summed E-state index contributed by atoms with van der Waals surface area (Å²) in [5.41, 5.74) is 3.18. The molecule has 1 saturated heterocycles. The molecule has 158 valence electrons. The van der Waals surface area contributed by atoms with Gasteiger partial charge < -0.3 is 15.5 Å². The first-order valence-electron chi connectivity index (χ1n) is 9.95. The molecule has 0 bridgehead atoms. The topological polar surface area (TPSA) is 98.8 Å². The predicted molar refractivity (Wildman–Crippen MR) is 114 cm³/mol. The van der Waals surface area contributed by atoms with Crippen molar-refractivity contribution >= 4 is 35.5 Å². The van der Waals surface area contributed by atoms with E-state index in [1.54, 1.807) is 35.4 Å². The van der Waals surface area contributed by atoms with Crippen LogP contribution >= 0.6 is 0 Å². The lowest BCUT2D eigenvalue weighted by Crippen LogP contribution is -2.33. The largest absolute Gasteiger partial charge is 0.329 e. The van der Waals surface area contributed by atoms with Crippen LogP contribution in [0.25, 0.3) is 6.08 Å². The van der Waals surface area contributed by atoms with Gasteiger partial charge in [-0.05, 0) is 34.9 Å². The van der Waals surface area contributed by atoms with Gasteiger partial charge in [-0.15, -0.1) is 0 Å². The fourth-order valence-electron chi connectivity index (χ4n) is 3.85. The fraction of sp³-hybridized carbons (Fsp3) is 0.217. The van der Waals surface area contributed by atoms with Crippen molar-refractivity contribution in [3.63, 3.8) is 0 Å². The van der Waals surface area contributed by atoms with E-state index in [0.717, 1.165) is 21.6 Å². The highest BCUT2D eigenvalue weighted by Crippen LogP contribution is 2.33. The van der Waals surface area contributed by atoms with Crippen LogP contribution in [-0.4, -0.2) is 40.1 Å². The Morgan fingerprint density at radius 3 is 2.68 bits per heavy atom. The van der Waals surface area contributed by atoms with Crippen molar-refractivity contribution < 1.29 is 19.2 Å². The average Bonchev–Trinajstić information content (AvgIpc) is 3.06. The summed E-state index contributed by atoms with van der Waals surface area (Å²) in [6.07, 6.45) is 3.67. The molecular weight excluding hydrogens is 396 g/mol. The zero-order chi connectivity index (χ0) is 22.0. The molecule has 0 spiro atoms.